The van der Waals surface area contributed by atoms with Crippen molar-refractivity contribution in [3.05, 3.63) is 47.1 Å². The zero-order chi connectivity index (χ0) is 24.7. The van der Waals surface area contributed by atoms with E-state index in [1.807, 2.05) is 0 Å². The molecule has 2 aliphatic rings. The number of rotatable bonds is 6. The van der Waals surface area contributed by atoms with Crippen molar-refractivity contribution in [1.29, 1.82) is 0 Å². The van der Waals surface area contributed by atoms with Crippen LogP contribution in [0.1, 0.15) is 40.5 Å². The van der Waals surface area contributed by atoms with Crippen LogP contribution in [0.3, 0.4) is 0 Å². The molecule has 0 unspecified atom stereocenters. The van der Waals surface area contributed by atoms with Crippen LogP contribution >= 0.6 is 0 Å². The quantitative estimate of drug-likeness (QED) is 0.273. The molecule has 0 radical (unpaired) electrons. The van der Waals surface area contributed by atoms with Crippen LogP contribution < -0.4 is 0 Å². The normalized spacial score (nSPS) is 28.9. The zero-order valence-corrected chi connectivity index (χ0v) is 19.3. The maximum Gasteiger partial charge on any atom is 0.334 e. The van der Waals surface area contributed by atoms with Gasteiger partial charge in [0, 0.05) is 37.8 Å². The average molecular weight is 462 g/mol. The van der Waals surface area contributed by atoms with Crippen molar-refractivity contribution < 1.29 is 43.2 Å². The van der Waals surface area contributed by atoms with Gasteiger partial charge in [-0.15, -0.1) is 0 Å². The molecule has 0 saturated carbocycles. The van der Waals surface area contributed by atoms with Gasteiger partial charge in [0.1, 0.15) is 24.9 Å². The molecule has 2 rings (SSSR count). The molecule has 1 aliphatic heterocycles. The molecule has 1 fully saturated rings. The number of hydrogen-bond acceptors (Lipinski definition) is 9. The minimum atomic E-state index is -0.861. The summed E-state index contributed by atoms with van der Waals surface area (Å²) in [7, 11) is 0. The monoisotopic (exact) mass is 462 g/mol. The first-order valence-electron chi connectivity index (χ1n) is 10.6. The molecule has 0 aromatic heterocycles. The minimum absolute atomic E-state index is 0.0664. The van der Waals surface area contributed by atoms with Gasteiger partial charge in [-0.25, -0.2) is 9.59 Å². The average Bonchev–Trinajstić information content (AvgIpc) is 3.00. The molecule has 33 heavy (non-hydrogen) atoms. The Bertz CT molecular complexity index is 909. The van der Waals surface area contributed by atoms with Gasteiger partial charge in [-0.2, -0.15) is 0 Å². The lowest BCUT2D eigenvalue weighted by atomic mass is 9.85. The van der Waals surface area contributed by atoms with Gasteiger partial charge >= 0.3 is 23.9 Å². The zero-order valence-electron chi connectivity index (χ0n) is 19.3. The van der Waals surface area contributed by atoms with Crippen LogP contribution in [-0.4, -0.2) is 60.5 Å². The van der Waals surface area contributed by atoms with E-state index in [2.05, 4.69) is 6.58 Å². The van der Waals surface area contributed by atoms with E-state index in [1.54, 1.807) is 19.1 Å². The number of aliphatic hydroxyl groups is 1. The third-order valence-electron chi connectivity index (χ3n) is 5.43. The highest BCUT2D eigenvalue weighted by Gasteiger charge is 2.45. The molecule has 4 atom stereocenters. The Kier molecular flexibility index (Phi) is 9.16. The number of ether oxygens (including phenoxy) is 4. The first kappa shape index (κ1) is 26.1. The fraction of sp³-hybridized carbons (Fsp3) is 0.500. The standard InChI is InChI=1S/C24H30O9/c1-13(8-9-25)23(28)32-21-11-18(12-30-16(4)26)6-7-19(31-17(5)27)14(2)10-20-22(21)15(3)24(29)33-20/h6,8,10,19-22,25H,3,7,9,11-12H2,1-2,4-5H3/b13-8+,14-10+,18-6+/t19-,20-,21-,22+/m1/s1. The first-order valence-corrected chi connectivity index (χ1v) is 10.6. The second kappa shape index (κ2) is 11.6. The predicted octanol–water partition coefficient (Wildman–Crippen LogP) is 2.10. The van der Waals surface area contributed by atoms with Crippen molar-refractivity contribution in [2.75, 3.05) is 13.2 Å². The molecule has 180 valence electrons. The van der Waals surface area contributed by atoms with Crippen LogP contribution in [0.5, 0.6) is 0 Å². The number of fused-ring (bicyclic) bond motifs is 1. The number of aliphatic hydroxyl groups excluding tert-OH is 1. The Morgan fingerprint density at radius 1 is 1.21 bits per heavy atom. The highest BCUT2D eigenvalue weighted by molar-refractivity contribution is 5.92. The van der Waals surface area contributed by atoms with E-state index < -0.39 is 48.1 Å². The highest BCUT2D eigenvalue weighted by Crippen LogP contribution is 2.37. The van der Waals surface area contributed by atoms with Gasteiger partial charge in [-0.3, -0.25) is 9.59 Å². The number of carbonyl (C=O) groups excluding carboxylic acids is 4. The summed E-state index contributed by atoms with van der Waals surface area (Å²) >= 11 is 0. The lowest BCUT2D eigenvalue weighted by molar-refractivity contribution is -0.148. The Balaban J connectivity index is 2.50. The Morgan fingerprint density at radius 2 is 1.91 bits per heavy atom. The van der Waals surface area contributed by atoms with E-state index in [4.69, 9.17) is 24.1 Å². The summed E-state index contributed by atoms with van der Waals surface area (Å²) in [5.41, 5.74) is 1.61. The second-order valence-electron chi connectivity index (χ2n) is 8.03. The van der Waals surface area contributed by atoms with Crippen molar-refractivity contribution in [1.82, 2.24) is 0 Å². The molecule has 9 nitrogen and oxygen atoms in total. The van der Waals surface area contributed by atoms with E-state index in [9.17, 15) is 19.2 Å². The minimum Gasteiger partial charge on any atom is -0.461 e. The molecule has 1 aliphatic carbocycles. The van der Waals surface area contributed by atoms with E-state index in [0.29, 0.717) is 11.1 Å². The fourth-order valence-electron chi connectivity index (χ4n) is 3.69. The molecule has 0 bridgehead atoms. The van der Waals surface area contributed by atoms with Gasteiger partial charge in [-0.05, 0) is 37.1 Å². The summed E-state index contributed by atoms with van der Waals surface area (Å²) in [5.74, 6) is -2.95. The fourth-order valence-corrected chi connectivity index (χ4v) is 3.69. The van der Waals surface area contributed by atoms with Crippen molar-refractivity contribution >= 4 is 23.9 Å². The summed E-state index contributed by atoms with van der Waals surface area (Å²) in [6, 6.07) is 0. The van der Waals surface area contributed by atoms with Crippen LogP contribution in [0, 0.1) is 5.92 Å². The van der Waals surface area contributed by atoms with E-state index >= 15 is 0 Å². The second-order valence-corrected chi connectivity index (χ2v) is 8.03. The largest absolute Gasteiger partial charge is 0.461 e. The van der Waals surface area contributed by atoms with Crippen LogP contribution in [0.25, 0.3) is 0 Å². The van der Waals surface area contributed by atoms with Crippen molar-refractivity contribution in [2.24, 2.45) is 5.92 Å². The molecule has 1 heterocycles. The third-order valence-corrected chi connectivity index (χ3v) is 5.43. The lowest BCUT2D eigenvalue weighted by Crippen LogP contribution is -2.35. The molecule has 1 saturated heterocycles. The summed E-state index contributed by atoms with van der Waals surface area (Å²) in [6.45, 7) is 9.26. The van der Waals surface area contributed by atoms with E-state index in [-0.39, 0.29) is 37.2 Å². The molecule has 1 N–H and O–H groups in total. The molecule has 0 aromatic rings. The van der Waals surface area contributed by atoms with E-state index in [1.165, 1.54) is 26.8 Å². The third kappa shape index (κ3) is 7.15. The number of carbonyl (C=O) groups is 4. The lowest BCUT2D eigenvalue weighted by Gasteiger charge is -2.29. The van der Waals surface area contributed by atoms with Crippen LogP contribution in [0.15, 0.2) is 47.1 Å². The summed E-state index contributed by atoms with van der Waals surface area (Å²) in [6.07, 6.45) is 2.90. The maximum atomic E-state index is 12.6. The van der Waals surface area contributed by atoms with Gasteiger partial charge in [-0.1, -0.05) is 12.7 Å². The SMILES string of the molecule is C=C1C(=O)O[C@@H]2/C=C(\C)[C@H](OC(C)=O)C/C=C(/COC(C)=O)C[C@@H](OC(=O)/C(C)=C/CO)[C@@H]12. The van der Waals surface area contributed by atoms with E-state index in [0.717, 1.165) is 0 Å². The smallest absolute Gasteiger partial charge is 0.334 e. The predicted molar refractivity (Wildman–Crippen MR) is 116 cm³/mol. The Morgan fingerprint density at radius 3 is 2.52 bits per heavy atom. The van der Waals surface area contributed by atoms with Crippen molar-refractivity contribution in [3.63, 3.8) is 0 Å². The van der Waals surface area contributed by atoms with Crippen LogP contribution in [0.2, 0.25) is 0 Å². The molecule has 0 amide bonds. The first-order chi connectivity index (χ1) is 15.5. The molecular formula is C24H30O9. The van der Waals surface area contributed by atoms with Crippen LogP contribution in [-0.2, 0) is 38.1 Å². The number of hydrogen-bond donors (Lipinski definition) is 1. The highest BCUT2D eigenvalue weighted by atomic mass is 16.6. The topological polar surface area (TPSA) is 125 Å². The molecular weight excluding hydrogens is 432 g/mol. The summed E-state index contributed by atoms with van der Waals surface area (Å²) in [4.78, 5) is 48.0. The van der Waals surface area contributed by atoms with Gasteiger partial charge in [0.25, 0.3) is 0 Å². The molecule has 9 heteroatoms. The van der Waals surface area contributed by atoms with Gasteiger partial charge in [0.05, 0.1) is 12.5 Å². The van der Waals surface area contributed by atoms with Crippen molar-refractivity contribution in [2.45, 2.75) is 58.8 Å². The number of esters is 4. The molecule has 0 aromatic carbocycles. The Hall–Kier alpha value is -3.20. The van der Waals surface area contributed by atoms with Gasteiger partial charge < -0.3 is 24.1 Å². The van der Waals surface area contributed by atoms with Gasteiger partial charge in [0.15, 0.2) is 0 Å². The van der Waals surface area contributed by atoms with Crippen LogP contribution in [0.4, 0.5) is 0 Å². The molecule has 0 spiro atoms. The summed E-state index contributed by atoms with van der Waals surface area (Å²) in [5, 5.41) is 9.09. The maximum absolute atomic E-state index is 12.6. The summed E-state index contributed by atoms with van der Waals surface area (Å²) < 4.78 is 21.8. The van der Waals surface area contributed by atoms with Crippen molar-refractivity contribution in [3.8, 4) is 0 Å². The van der Waals surface area contributed by atoms with Gasteiger partial charge in [0.2, 0.25) is 0 Å². The Labute approximate surface area is 192 Å².